The number of benzene rings is 1. The summed E-state index contributed by atoms with van der Waals surface area (Å²) in [7, 11) is 0. The molecule has 1 rings (SSSR count). The summed E-state index contributed by atoms with van der Waals surface area (Å²) in [4.78, 5) is 4.32. The van der Waals surface area contributed by atoms with Crippen LogP contribution in [-0.2, 0) is 10.1 Å². The smallest absolute Gasteiger partial charge is 0.187 e. The summed E-state index contributed by atoms with van der Waals surface area (Å²) in [5.74, 6) is 0.150. The van der Waals surface area contributed by atoms with Crippen LogP contribution >= 0.6 is 23.2 Å². The molecule has 1 aromatic rings. The fraction of sp³-hybridized carbons (Fsp3) is 0. The second-order valence-corrected chi connectivity index (χ2v) is 2.64. The highest BCUT2D eigenvalue weighted by atomic mass is 35.5. The predicted molar refractivity (Wildman–Crippen MR) is 39.3 cm³/mol. The lowest BCUT2D eigenvalue weighted by molar-refractivity contribution is -0.838. The van der Waals surface area contributed by atoms with Gasteiger partial charge in [0.1, 0.15) is 0 Å². The largest absolute Gasteiger partial charge is 0.689 e. The van der Waals surface area contributed by atoms with Gasteiger partial charge in [-0.2, -0.15) is 0 Å². The van der Waals surface area contributed by atoms with Gasteiger partial charge in [-0.15, -0.1) is 0 Å². The molecule has 6 heteroatoms. The highest BCUT2D eigenvalue weighted by Gasteiger charge is 2.02. The Morgan fingerprint density at radius 3 is 2.58 bits per heavy atom. The molecule has 0 fully saturated rings. The third-order valence-electron chi connectivity index (χ3n) is 1.05. The first kappa shape index (κ1) is 9.57. The average Bonchev–Trinajstić information content (AvgIpc) is 2.03. The Balaban J connectivity index is 2.72. The fourth-order valence-corrected chi connectivity index (χ4v) is 1.03. The van der Waals surface area contributed by atoms with Crippen molar-refractivity contribution in [3.63, 3.8) is 0 Å². The Bertz CT molecular complexity index is 266. The molecule has 0 N–H and O–H groups in total. The van der Waals surface area contributed by atoms with Gasteiger partial charge in [-0.25, -0.2) is 0 Å². The molecule has 0 saturated heterocycles. The van der Waals surface area contributed by atoms with E-state index in [9.17, 15) is 5.26 Å². The first-order valence-corrected chi connectivity index (χ1v) is 3.58. The highest BCUT2D eigenvalue weighted by Crippen LogP contribution is 2.27. The zero-order chi connectivity index (χ0) is 8.97. The van der Waals surface area contributed by atoms with Crippen LogP contribution in [0.3, 0.4) is 0 Å². The summed E-state index contributed by atoms with van der Waals surface area (Å²) in [6, 6.07) is 4.40. The molecule has 0 heterocycles. The molecule has 0 radical (unpaired) electrons. The first-order valence-electron chi connectivity index (χ1n) is 2.82. The van der Waals surface area contributed by atoms with Crippen molar-refractivity contribution in [2.45, 2.75) is 0 Å². The van der Waals surface area contributed by atoms with E-state index in [1.54, 1.807) is 0 Å². The third-order valence-corrected chi connectivity index (χ3v) is 1.58. The molecule has 0 aliphatic rings. The normalized spacial score (nSPS) is 9.92. The van der Waals surface area contributed by atoms with Gasteiger partial charge in [0.25, 0.3) is 0 Å². The van der Waals surface area contributed by atoms with E-state index >= 15 is 0 Å². The van der Waals surface area contributed by atoms with E-state index in [2.05, 4.69) is 15.0 Å². The first-order chi connectivity index (χ1) is 5.74. The van der Waals surface area contributed by atoms with Crippen LogP contribution in [0.1, 0.15) is 0 Å². The van der Waals surface area contributed by atoms with Crippen molar-refractivity contribution in [3.05, 3.63) is 28.2 Å². The zero-order valence-corrected chi connectivity index (χ0v) is 7.13. The zero-order valence-electron chi connectivity index (χ0n) is 5.62. The van der Waals surface area contributed by atoms with E-state index in [4.69, 9.17) is 23.2 Å². The van der Waals surface area contributed by atoms with Crippen LogP contribution in [0.4, 0.5) is 0 Å². The van der Waals surface area contributed by atoms with Crippen LogP contribution in [0.25, 0.3) is 0 Å². The summed E-state index contributed by atoms with van der Waals surface area (Å²) < 4.78 is 0. The van der Waals surface area contributed by atoms with E-state index < -0.39 is 0 Å². The molecule has 0 atom stereocenters. The quantitative estimate of drug-likeness (QED) is 0.560. The summed E-state index contributed by atoms with van der Waals surface area (Å²) in [6.45, 7) is 0. The van der Waals surface area contributed by atoms with Crippen LogP contribution in [0.2, 0.25) is 10.0 Å². The monoisotopic (exact) mass is 209 g/mol. The molecule has 0 aliphatic carbocycles. The third kappa shape index (κ3) is 2.51. The van der Waals surface area contributed by atoms with Crippen molar-refractivity contribution >= 4 is 23.2 Å². The summed E-state index contributed by atoms with van der Waals surface area (Å²) in [5, 5.41) is 16.7. The molecular formula is C6H3Cl2O4-. The lowest BCUT2D eigenvalue weighted by Crippen LogP contribution is -2.08. The molecule has 1 aromatic carbocycles. The van der Waals surface area contributed by atoms with Crippen molar-refractivity contribution in [2.24, 2.45) is 0 Å². The maximum atomic E-state index is 9.37. The van der Waals surface area contributed by atoms with Crippen molar-refractivity contribution in [1.82, 2.24) is 0 Å². The maximum absolute atomic E-state index is 9.37. The van der Waals surface area contributed by atoms with Crippen LogP contribution in [-0.4, -0.2) is 0 Å². The Morgan fingerprint density at radius 1 is 1.25 bits per heavy atom. The standard InChI is InChI=1S/C6H4Cl2O4/c7-4-1-2-6(5(8)3-4)10-12-11-9/h1-3,9H/p-1. The second kappa shape index (κ2) is 4.49. The van der Waals surface area contributed by atoms with Crippen LogP contribution < -0.4 is 10.1 Å². The Morgan fingerprint density at radius 2 is 2.00 bits per heavy atom. The molecule has 0 spiro atoms. The van der Waals surface area contributed by atoms with Gasteiger partial charge < -0.3 is 10.1 Å². The lowest BCUT2D eigenvalue weighted by Gasteiger charge is -2.06. The van der Waals surface area contributed by atoms with Gasteiger partial charge in [-0.1, -0.05) is 23.2 Å². The van der Waals surface area contributed by atoms with E-state index in [1.807, 2.05) is 0 Å². The molecule has 4 nitrogen and oxygen atoms in total. The van der Waals surface area contributed by atoms with E-state index in [-0.39, 0.29) is 10.8 Å². The summed E-state index contributed by atoms with van der Waals surface area (Å²) >= 11 is 11.2. The van der Waals surface area contributed by atoms with Gasteiger partial charge in [0.2, 0.25) is 0 Å². The molecule has 12 heavy (non-hydrogen) atoms. The lowest BCUT2D eigenvalue weighted by atomic mass is 10.3. The maximum Gasteiger partial charge on any atom is 0.187 e. The Kier molecular flexibility index (Phi) is 3.58. The number of rotatable bonds is 3. The van der Waals surface area contributed by atoms with Gasteiger partial charge in [-0.05, 0) is 23.2 Å². The number of hydrogen-bond donors (Lipinski definition) is 0. The molecule has 0 saturated carbocycles. The van der Waals surface area contributed by atoms with Crippen LogP contribution in [0.5, 0.6) is 5.75 Å². The summed E-state index contributed by atoms with van der Waals surface area (Å²) in [6.07, 6.45) is 0. The highest BCUT2D eigenvalue weighted by molar-refractivity contribution is 6.35. The van der Waals surface area contributed by atoms with Gasteiger partial charge in [0.05, 0.1) is 5.02 Å². The molecule has 66 valence electrons. The minimum atomic E-state index is 0.150. The van der Waals surface area contributed by atoms with Gasteiger partial charge in [0.15, 0.2) is 5.75 Å². The minimum Gasteiger partial charge on any atom is -0.689 e. The molecule has 0 bridgehead atoms. The summed E-state index contributed by atoms with van der Waals surface area (Å²) in [5.41, 5.74) is 0. The number of hydrogen-bond acceptors (Lipinski definition) is 4. The van der Waals surface area contributed by atoms with E-state index in [1.165, 1.54) is 18.2 Å². The number of halogens is 2. The van der Waals surface area contributed by atoms with Gasteiger partial charge in [-0.3, -0.25) is 5.04 Å². The van der Waals surface area contributed by atoms with Crippen LogP contribution in [0.15, 0.2) is 18.2 Å². The molecule has 0 aliphatic heterocycles. The fourth-order valence-electron chi connectivity index (χ4n) is 0.593. The van der Waals surface area contributed by atoms with Crippen molar-refractivity contribution in [1.29, 1.82) is 0 Å². The second-order valence-electron chi connectivity index (χ2n) is 1.79. The molecule has 0 aromatic heterocycles. The minimum absolute atomic E-state index is 0.150. The van der Waals surface area contributed by atoms with Gasteiger partial charge in [0, 0.05) is 5.02 Å². The van der Waals surface area contributed by atoms with Crippen molar-refractivity contribution in [2.75, 3.05) is 0 Å². The van der Waals surface area contributed by atoms with E-state index in [0.717, 1.165) is 0 Å². The van der Waals surface area contributed by atoms with Crippen molar-refractivity contribution < 1.29 is 20.2 Å². The van der Waals surface area contributed by atoms with Crippen LogP contribution in [0, 0.1) is 0 Å². The average molecular weight is 210 g/mol. The van der Waals surface area contributed by atoms with Crippen molar-refractivity contribution in [3.8, 4) is 5.75 Å². The molecule has 0 amide bonds. The Hall–Kier alpha value is -0.520. The Labute approximate surface area is 78.0 Å². The predicted octanol–water partition coefficient (Wildman–Crippen LogP) is 1.51. The SMILES string of the molecule is [O-]OOOc1ccc(Cl)cc1Cl. The topological polar surface area (TPSA) is 50.8 Å². The molecule has 0 unspecified atom stereocenters. The van der Waals surface area contributed by atoms with E-state index in [0.29, 0.717) is 5.02 Å². The van der Waals surface area contributed by atoms with Gasteiger partial charge >= 0.3 is 0 Å². The molecular weight excluding hydrogens is 207 g/mol.